The van der Waals surface area contributed by atoms with Gasteiger partial charge in [0.1, 0.15) is 0 Å². The van der Waals surface area contributed by atoms with Crippen molar-refractivity contribution in [1.29, 1.82) is 0 Å². The standard InChI is InChI=1S/C5H5.2ClH.V/c1-2-4-5-3-1;;;/h1-3H,4H2;2*1H;/q-1;;;+2/p-2. The molecule has 0 saturated heterocycles. The summed E-state index contributed by atoms with van der Waals surface area (Å²) in [5.41, 5.74) is 0. The molecule has 0 amide bonds. The second-order valence-corrected chi connectivity index (χ2v) is 3.37. The fourth-order valence-electron chi connectivity index (χ4n) is 0.340. The number of allylic oxidation sites excluding steroid dienone is 4. The molecule has 0 nitrogen and oxygen atoms in total. The van der Waals surface area contributed by atoms with Gasteiger partial charge in [0.05, 0.1) is 0 Å². The summed E-state index contributed by atoms with van der Waals surface area (Å²) in [6.07, 6.45) is 10.0. The van der Waals surface area contributed by atoms with Crippen molar-refractivity contribution in [2.45, 2.75) is 6.42 Å². The minimum atomic E-state index is -0.368. The molecule has 0 atom stereocenters. The summed E-state index contributed by atoms with van der Waals surface area (Å²) in [7, 11) is 9.72. The fourth-order valence-corrected chi connectivity index (χ4v) is 0.340. The Morgan fingerprint density at radius 2 is 2.12 bits per heavy atom. The molecule has 8 heavy (non-hydrogen) atoms. The third-order valence-corrected chi connectivity index (χ3v) is 0.586. The van der Waals surface area contributed by atoms with Crippen molar-refractivity contribution in [2.24, 2.45) is 0 Å². The first kappa shape index (κ1) is 8.64. The second kappa shape index (κ2) is 7.64. The molecule has 45 valence electrons. The van der Waals surface area contributed by atoms with E-state index in [1.165, 1.54) is 0 Å². The zero-order chi connectivity index (χ0) is 6.24. The predicted molar refractivity (Wildman–Crippen MR) is 33.3 cm³/mol. The monoisotopic (exact) mass is 186 g/mol. The van der Waals surface area contributed by atoms with Crippen LogP contribution in [0.1, 0.15) is 6.42 Å². The summed E-state index contributed by atoms with van der Waals surface area (Å²) in [5, 5.41) is 0. The van der Waals surface area contributed by atoms with Crippen molar-refractivity contribution < 1.29 is 14.4 Å². The van der Waals surface area contributed by atoms with Gasteiger partial charge in [0, 0.05) is 0 Å². The van der Waals surface area contributed by atoms with E-state index >= 15 is 0 Å². The molecule has 0 aromatic heterocycles. The molecule has 0 aromatic carbocycles. The SMILES string of the molecule is [C-]1=CC=CC1.[Cl][V][Cl]. The average molecular weight is 187 g/mol. The van der Waals surface area contributed by atoms with Crippen LogP contribution >= 0.6 is 19.7 Å². The van der Waals surface area contributed by atoms with Crippen LogP contribution in [0.4, 0.5) is 0 Å². The quantitative estimate of drug-likeness (QED) is 0.511. The molecule has 0 aliphatic heterocycles. The topological polar surface area (TPSA) is 0 Å². The zero-order valence-electron chi connectivity index (χ0n) is 4.14. The molecule has 3 heteroatoms. The van der Waals surface area contributed by atoms with Gasteiger partial charge in [-0.2, -0.15) is 6.08 Å². The van der Waals surface area contributed by atoms with Gasteiger partial charge < -0.3 is 0 Å². The van der Waals surface area contributed by atoms with E-state index in [-0.39, 0.29) is 14.4 Å². The Bertz CT molecular complexity index is 78.4. The number of halogens is 2. The molecule has 0 aromatic rings. The van der Waals surface area contributed by atoms with Gasteiger partial charge in [-0.25, -0.2) is 12.2 Å². The Morgan fingerprint density at radius 3 is 2.25 bits per heavy atom. The van der Waals surface area contributed by atoms with Crippen LogP contribution in [0.3, 0.4) is 0 Å². The van der Waals surface area contributed by atoms with E-state index < -0.39 is 0 Å². The summed E-state index contributed by atoms with van der Waals surface area (Å²) in [4.78, 5) is 0. The van der Waals surface area contributed by atoms with Crippen molar-refractivity contribution in [3.8, 4) is 0 Å². The predicted octanol–water partition coefficient (Wildman–Crippen LogP) is 2.68. The summed E-state index contributed by atoms with van der Waals surface area (Å²) >= 11 is -0.368. The van der Waals surface area contributed by atoms with E-state index in [0.29, 0.717) is 0 Å². The van der Waals surface area contributed by atoms with E-state index in [4.69, 9.17) is 19.7 Å². The number of rotatable bonds is 0. The van der Waals surface area contributed by atoms with Gasteiger partial charge in [-0.3, -0.25) is 6.08 Å². The van der Waals surface area contributed by atoms with Crippen LogP contribution in [-0.2, 0) is 14.4 Å². The van der Waals surface area contributed by atoms with Crippen molar-refractivity contribution in [2.75, 3.05) is 0 Å². The van der Waals surface area contributed by atoms with Gasteiger partial charge >= 0.3 is 34.1 Å². The normalized spacial score (nSPS) is 12.8. The van der Waals surface area contributed by atoms with Crippen molar-refractivity contribution in [3.63, 3.8) is 0 Å². The summed E-state index contributed by atoms with van der Waals surface area (Å²) in [6.45, 7) is 0. The van der Waals surface area contributed by atoms with Crippen molar-refractivity contribution in [3.05, 3.63) is 24.3 Å². The maximum absolute atomic E-state index is 4.86. The second-order valence-electron chi connectivity index (χ2n) is 1.07. The Kier molecular flexibility index (Phi) is 8.26. The van der Waals surface area contributed by atoms with Gasteiger partial charge in [-0.05, 0) is 0 Å². The molecule has 0 unspecified atom stereocenters. The molecular weight excluding hydrogens is 182 g/mol. The molecule has 0 bridgehead atoms. The molecule has 0 radical (unpaired) electrons. The molecule has 0 heterocycles. The molecule has 0 saturated carbocycles. The van der Waals surface area contributed by atoms with Crippen LogP contribution in [-0.4, -0.2) is 0 Å². The summed E-state index contributed by atoms with van der Waals surface area (Å²) < 4.78 is 0. The molecule has 1 aliphatic carbocycles. The Hall–Kier alpha value is 0.644. The molecule has 1 rings (SSSR count). The van der Waals surface area contributed by atoms with E-state index in [1.54, 1.807) is 0 Å². The van der Waals surface area contributed by atoms with Crippen LogP contribution < -0.4 is 0 Å². The molecule has 0 N–H and O–H groups in total. The first-order chi connectivity index (χ1) is 3.91. The van der Waals surface area contributed by atoms with E-state index in [0.717, 1.165) is 6.42 Å². The van der Waals surface area contributed by atoms with Crippen molar-refractivity contribution in [1.82, 2.24) is 0 Å². The molecule has 0 fully saturated rings. The van der Waals surface area contributed by atoms with E-state index in [1.807, 2.05) is 12.2 Å². The van der Waals surface area contributed by atoms with E-state index in [2.05, 4.69) is 12.2 Å². The Morgan fingerprint density at radius 1 is 1.50 bits per heavy atom. The van der Waals surface area contributed by atoms with Gasteiger partial charge in [0.15, 0.2) is 0 Å². The minimum absolute atomic E-state index is 0.368. The summed E-state index contributed by atoms with van der Waals surface area (Å²) in [6, 6.07) is 0. The van der Waals surface area contributed by atoms with Crippen molar-refractivity contribution >= 4 is 19.7 Å². The van der Waals surface area contributed by atoms with E-state index in [9.17, 15) is 0 Å². The molecule has 0 spiro atoms. The van der Waals surface area contributed by atoms with Gasteiger partial charge in [-0.1, -0.05) is 0 Å². The van der Waals surface area contributed by atoms with Gasteiger partial charge in [0.25, 0.3) is 0 Å². The first-order valence-electron chi connectivity index (χ1n) is 2.06. The number of hydrogen-bond acceptors (Lipinski definition) is 0. The third-order valence-electron chi connectivity index (χ3n) is 0.586. The molecular formula is C5H5Cl2V-. The van der Waals surface area contributed by atoms with Crippen LogP contribution in [0.2, 0.25) is 0 Å². The van der Waals surface area contributed by atoms with Crippen LogP contribution in [0, 0.1) is 6.08 Å². The van der Waals surface area contributed by atoms with Crippen LogP contribution in [0.5, 0.6) is 0 Å². The Balaban J connectivity index is 0.000000145. The molecule has 1 aliphatic rings. The Labute approximate surface area is 64.8 Å². The van der Waals surface area contributed by atoms with Crippen LogP contribution in [0.25, 0.3) is 0 Å². The number of hydrogen-bond donors (Lipinski definition) is 0. The maximum atomic E-state index is 4.86. The third kappa shape index (κ3) is 6.64. The zero-order valence-corrected chi connectivity index (χ0v) is 7.05. The van der Waals surface area contributed by atoms with Gasteiger partial charge in [0.2, 0.25) is 0 Å². The summed E-state index contributed by atoms with van der Waals surface area (Å²) in [5.74, 6) is 0. The van der Waals surface area contributed by atoms with Gasteiger partial charge in [-0.15, -0.1) is 6.42 Å². The first-order valence-corrected chi connectivity index (χ1v) is 5.90. The average Bonchev–Trinajstić information content (AvgIpc) is 2.17. The van der Waals surface area contributed by atoms with Crippen LogP contribution in [0.15, 0.2) is 18.2 Å². The fraction of sp³-hybridized carbons (Fsp3) is 0.200.